The second-order valence-electron chi connectivity index (χ2n) is 13.5. The summed E-state index contributed by atoms with van der Waals surface area (Å²) in [5.41, 5.74) is 4.80. The third-order valence-electron chi connectivity index (χ3n) is 8.84. The van der Waals surface area contributed by atoms with E-state index in [0.717, 1.165) is 51.6 Å². The summed E-state index contributed by atoms with van der Waals surface area (Å²) in [5.74, 6) is 0.761. The van der Waals surface area contributed by atoms with E-state index in [2.05, 4.69) is 18.7 Å². The van der Waals surface area contributed by atoms with Crippen molar-refractivity contribution in [2.24, 2.45) is 10.9 Å². The predicted octanol–water partition coefficient (Wildman–Crippen LogP) is 7.64. The van der Waals surface area contributed by atoms with Gasteiger partial charge in [0.2, 0.25) is 0 Å². The van der Waals surface area contributed by atoms with Gasteiger partial charge in [-0.1, -0.05) is 39.3 Å². The molecule has 1 aliphatic heterocycles. The van der Waals surface area contributed by atoms with Crippen molar-refractivity contribution in [3.05, 3.63) is 58.5 Å². The lowest BCUT2D eigenvalue weighted by Gasteiger charge is -2.34. The lowest BCUT2D eigenvalue weighted by Crippen LogP contribution is -2.42. The Bertz CT molecular complexity index is 1740. The summed E-state index contributed by atoms with van der Waals surface area (Å²) >= 11 is 0. The molecule has 2 unspecified atom stereocenters. The Kier molecular flexibility index (Phi) is 10.4. The van der Waals surface area contributed by atoms with Gasteiger partial charge in [0.15, 0.2) is 0 Å². The van der Waals surface area contributed by atoms with Gasteiger partial charge in [0, 0.05) is 23.7 Å². The van der Waals surface area contributed by atoms with E-state index in [1.54, 1.807) is 25.1 Å². The number of phenols is 1. The number of anilines is 1. The van der Waals surface area contributed by atoms with Crippen molar-refractivity contribution in [1.82, 2.24) is 9.97 Å². The van der Waals surface area contributed by atoms with E-state index in [9.17, 15) is 10.2 Å². The Morgan fingerprint density at radius 3 is 2.64 bits per heavy atom. The topological polar surface area (TPSA) is 100 Å². The number of β-amino-alcohol motifs (C(OH)–C–C–N with tert-alkyl or cyclic N) is 1. The van der Waals surface area contributed by atoms with Crippen molar-refractivity contribution < 1.29 is 24.1 Å². The highest BCUT2D eigenvalue weighted by atomic mass is 19.1. The number of fused-ring (bicyclic) bond motifs is 2. The van der Waals surface area contributed by atoms with Crippen LogP contribution in [-0.2, 0) is 11.2 Å². The number of halogens is 1. The first-order valence-corrected chi connectivity index (χ1v) is 16.9. The van der Waals surface area contributed by atoms with Crippen LogP contribution in [0.25, 0.3) is 27.5 Å². The summed E-state index contributed by atoms with van der Waals surface area (Å²) in [4.78, 5) is 17.3. The third kappa shape index (κ3) is 7.06. The normalized spacial score (nSPS) is 21.1. The molecule has 0 spiro atoms. The molecular weight excluding hydrogens is 595 g/mol. The predicted molar refractivity (Wildman–Crippen MR) is 189 cm³/mol. The Labute approximate surface area is 278 Å². The number of aromatic nitrogens is 2. The minimum atomic E-state index is -1.10. The van der Waals surface area contributed by atoms with Crippen LogP contribution >= 0.6 is 0 Å². The highest BCUT2D eigenvalue weighted by Crippen LogP contribution is 2.47. The zero-order valence-corrected chi connectivity index (χ0v) is 29.1. The van der Waals surface area contributed by atoms with E-state index in [0.29, 0.717) is 61.3 Å². The van der Waals surface area contributed by atoms with Crippen molar-refractivity contribution >= 4 is 39.0 Å². The minimum absolute atomic E-state index is 0.0744. The second-order valence-corrected chi connectivity index (χ2v) is 13.5. The molecule has 2 N–H and O–H groups in total. The van der Waals surface area contributed by atoms with E-state index in [-0.39, 0.29) is 30.2 Å². The first-order chi connectivity index (χ1) is 22.4. The van der Waals surface area contributed by atoms with Crippen LogP contribution in [0.5, 0.6) is 11.8 Å². The molecule has 2 aromatic carbocycles. The number of hydrogen-bond acceptors (Lipinski definition) is 8. The molecule has 1 fully saturated rings. The number of allylic oxidation sites excluding steroid dienone is 4. The van der Waals surface area contributed by atoms with E-state index >= 15 is 4.39 Å². The summed E-state index contributed by atoms with van der Waals surface area (Å²) in [7, 11) is 0. The molecule has 2 aliphatic rings. The Morgan fingerprint density at radius 1 is 1.19 bits per heavy atom. The molecule has 0 amide bonds. The number of hydrogen-bond donors (Lipinski definition) is 2. The Balaban J connectivity index is 1.87. The zero-order chi connectivity index (χ0) is 34.0. The van der Waals surface area contributed by atoms with Crippen molar-refractivity contribution in [2.75, 3.05) is 37.8 Å². The Hall–Kier alpha value is -3.82. The first-order valence-electron chi connectivity index (χ1n) is 16.9. The minimum Gasteiger partial charge on any atom is -0.508 e. The molecule has 0 saturated carbocycles. The second kappa shape index (κ2) is 14.1. The highest BCUT2D eigenvalue weighted by Gasteiger charge is 2.37. The average Bonchev–Trinajstić information content (AvgIpc) is 3.20. The molecule has 8 nitrogen and oxygen atoms in total. The molecule has 1 aromatic heterocycles. The molecule has 5 rings (SSSR count). The molecule has 0 radical (unpaired) electrons. The van der Waals surface area contributed by atoms with Gasteiger partial charge in [-0.05, 0) is 99.0 Å². The van der Waals surface area contributed by atoms with E-state index < -0.39 is 5.60 Å². The van der Waals surface area contributed by atoms with Gasteiger partial charge in [-0.3, -0.25) is 4.99 Å². The van der Waals surface area contributed by atoms with Crippen LogP contribution in [0.1, 0.15) is 90.6 Å². The summed E-state index contributed by atoms with van der Waals surface area (Å²) in [6.45, 7) is 18.0. The number of rotatable bonds is 9. The van der Waals surface area contributed by atoms with Gasteiger partial charge in [0.1, 0.15) is 23.0 Å². The maximum atomic E-state index is 15.4. The Morgan fingerprint density at radius 2 is 1.96 bits per heavy atom. The standard InChI is InChI=1S/C38H49FN4O4/c1-9-12-23(6)19-47-37-41-34-24(7)31(29-18-26(44)17-25-13-14-30(39)27(10-2)32(25)29)35(40-22(4)5)28(11-3)33(34)36(42-37)43-15-16-46-21-38(8,45)20-43/h11,13-14,17-18,22-23,44-45H,9-10,12,15-16,19-21H2,1-8H3/b28-11-,40-35?. The van der Waals surface area contributed by atoms with E-state index in [1.807, 2.05) is 40.7 Å². The summed E-state index contributed by atoms with van der Waals surface area (Å²) in [6.07, 6.45) is 4.57. The maximum absolute atomic E-state index is 15.4. The third-order valence-corrected chi connectivity index (χ3v) is 8.84. The fraction of sp³-hybridized carbons (Fsp3) is 0.500. The lowest BCUT2D eigenvalue weighted by atomic mass is 9.78. The van der Waals surface area contributed by atoms with Crippen molar-refractivity contribution in [1.29, 1.82) is 0 Å². The number of phenolic OH excluding ortho intramolecular Hbond substituents is 1. The van der Waals surface area contributed by atoms with Crippen LogP contribution in [0, 0.1) is 11.7 Å². The van der Waals surface area contributed by atoms with Crippen LogP contribution < -0.4 is 9.64 Å². The van der Waals surface area contributed by atoms with Crippen LogP contribution in [0.4, 0.5) is 10.2 Å². The van der Waals surface area contributed by atoms with Gasteiger partial charge in [-0.2, -0.15) is 9.97 Å². The summed E-state index contributed by atoms with van der Waals surface area (Å²) < 4.78 is 27.4. The largest absolute Gasteiger partial charge is 0.508 e. The number of nitrogens with zero attached hydrogens (tertiary/aromatic N) is 4. The van der Waals surface area contributed by atoms with Gasteiger partial charge in [0.05, 0.1) is 43.3 Å². The van der Waals surface area contributed by atoms with Crippen molar-refractivity contribution in [2.45, 2.75) is 86.3 Å². The van der Waals surface area contributed by atoms with E-state index in [1.165, 1.54) is 6.07 Å². The highest BCUT2D eigenvalue weighted by molar-refractivity contribution is 6.51. The quantitative estimate of drug-likeness (QED) is 0.247. The number of aliphatic imine (C=N–C) groups is 1. The summed E-state index contributed by atoms with van der Waals surface area (Å²) in [5, 5.41) is 23.7. The summed E-state index contributed by atoms with van der Waals surface area (Å²) in [6, 6.07) is 6.75. The van der Waals surface area contributed by atoms with Gasteiger partial charge in [-0.25, -0.2) is 4.39 Å². The lowest BCUT2D eigenvalue weighted by molar-refractivity contribution is -0.0123. The maximum Gasteiger partial charge on any atom is 0.318 e. The SMILES string of the molecule is C/C=C1\C(=NC(C)C)C(c2cc(O)cc3ccc(F)c(CC)c23)=C(C)c2nc(OCC(C)CCC)nc(N3CCOCC(C)(O)C3)c21. The van der Waals surface area contributed by atoms with Gasteiger partial charge >= 0.3 is 6.01 Å². The molecule has 1 saturated heterocycles. The smallest absolute Gasteiger partial charge is 0.318 e. The van der Waals surface area contributed by atoms with E-state index in [4.69, 9.17) is 24.4 Å². The van der Waals surface area contributed by atoms with Gasteiger partial charge in [-0.15, -0.1) is 0 Å². The van der Waals surface area contributed by atoms with Crippen LogP contribution in [-0.4, -0.2) is 70.4 Å². The number of aryl methyl sites for hydroxylation is 1. The van der Waals surface area contributed by atoms with Gasteiger partial charge in [0.25, 0.3) is 0 Å². The van der Waals surface area contributed by atoms with Crippen LogP contribution in [0.3, 0.4) is 0 Å². The zero-order valence-electron chi connectivity index (χ0n) is 29.1. The molecule has 47 heavy (non-hydrogen) atoms. The van der Waals surface area contributed by atoms with Crippen LogP contribution in [0.2, 0.25) is 0 Å². The van der Waals surface area contributed by atoms with Gasteiger partial charge < -0.3 is 24.6 Å². The molecule has 252 valence electrons. The number of ether oxygens (including phenoxy) is 2. The average molecular weight is 645 g/mol. The number of aliphatic hydroxyl groups is 1. The van der Waals surface area contributed by atoms with Crippen LogP contribution in [0.15, 0.2) is 35.3 Å². The fourth-order valence-electron chi connectivity index (χ4n) is 6.81. The first kappa shape index (κ1) is 34.5. The van der Waals surface area contributed by atoms with Crippen molar-refractivity contribution in [3.63, 3.8) is 0 Å². The molecule has 3 aromatic rings. The molecule has 2 atom stereocenters. The number of benzene rings is 2. The van der Waals surface area contributed by atoms with Crippen molar-refractivity contribution in [3.8, 4) is 11.8 Å². The fourth-order valence-corrected chi connectivity index (χ4v) is 6.81. The molecule has 1 aliphatic carbocycles. The molecule has 2 heterocycles. The molecule has 0 bridgehead atoms. The molecular formula is C38H49FN4O4. The monoisotopic (exact) mass is 644 g/mol. The number of aromatic hydroxyl groups is 1. The molecule has 9 heteroatoms.